The van der Waals surface area contributed by atoms with Crippen LogP contribution in [0.4, 0.5) is 4.79 Å². The lowest BCUT2D eigenvalue weighted by molar-refractivity contribution is -0.122. The summed E-state index contributed by atoms with van der Waals surface area (Å²) in [4.78, 5) is 35.1. The maximum atomic E-state index is 11.6. The molecule has 0 aliphatic carbocycles. The molecular weight excluding hydrogens is 207 g/mol. The van der Waals surface area contributed by atoms with E-state index in [0.29, 0.717) is 13.1 Å². The second kappa shape index (κ2) is 5.68. The van der Waals surface area contributed by atoms with Crippen molar-refractivity contribution in [3.63, 3.8) is 0 Å². The van der Waals surface area contributed by atoms with Crippen LogP contribution in [0.25, 0.3) is 0 Å². The average molecular weight is 223 g/mol. The van der Waals surface area contributed by atoms with Gasteiger partial charge in [0.2, 0.25) is 5.91 Å². The highest BCUT2D eigenvalue weighted by atomic mass is 16.2. The molecule has 0 aromatic carbocycles. The van der Waals surface area contributed by atoms with Crippen molar-refractivity contribution < 1.29 is 14.4 Å². The Bertz CT molecular complexity index is 306. The third-order valence-electron chi connectivity index (χ3n) is 2.71. The summed E-state index contributed by atoms with van der Waals surface area (Å²) in [5.41, 5.74) is 0. The van der Waals surface area contributed by atoms with Crippen molar-refractivity contribution in [3.05, 3.63) is 0 Å². The van der Waals surface area contributed by atoms with E-state index < -0.39 is 0 Å². The molecule has 1 aliphatic heterocycles. The summed E-state index contributed by atoms with van der Waals surface area (Å²) in [6.07, 6.45) is 1.68. The van der Waals surface area contributed by atoms with E-state index in [1.54, 1.807) is 11.8 Å². The number of Topliss-reactive ketones (excluding diaryl/α,β-unsaturated/α-hetero) is 1. The number of carbonyl (C=O) groups excluding carboxylic acids is 3. The van der Waals surface area contributed by atoms with Gasteiger partial charge in [0.25, 0.3) is 0 Å². The van der Waals surface area contributed by atoms with E-state index in [2.05, 4.69) is 5.23 Å². The van der Waals surface area contributed by atoms with Gasteiger partial charge in [-0.25, -0.2) is 0 Å². The molecule has 1 N–H and O–H groups in total. The van der Waals surface area contributed by atoms with Crippen molar-refractivity contribution in [1.82, 2.24) is 10.1 Å². The van der Waals surface area contributed by atoms with Crippen molar-refractivity contribution in [2.75, 3.05) is 13.1 Å². The molecule has 0 aromatic rings. The Morgan fingerprint density at radius 2 is 2.00 bits per heavy atom. The number of amides is 2. The number of rotatable bonds is 3. The van der Waals surface area contributed by atoms with E-state index in [9.17, 15) is 14.4 Å². The third kappa shape index (κ3) is 3.68. The van der Waals surface area contributed by atoms with Gasteiger partial charge in [0.1, 0.15) is 5.78 Å². The van der Waals surface area contributed by atoms with E-state index in [-0.39, 0.29) is 23.4 Å². The largest absolute Gasteiger partial charge is 0.394 e. The molecular formula is C10H16BN2O3. The number of hydrogen-bond acceptors (Lipinski definition) is 3. The van der Waals surface area contributed by atoms with Gasteiger partial charge in [0.15, 0.2) is 5.81 Å². The highest BCUT2D eigenvalue weighted by molar-refractivity contribution is 6.73. The number of nitrogens with one attached hydrogen (secondary N) is 1. The Morgan fingerprint density at radius 1 is 1.31 bits per heavy atom. The average Bonchev–Trinajstić information content (AvgIpc) is 2.26. The van der Waals surface area contributed by atoms with Gasteiger partial charge in [0.05, 0.1) is 0 Å². The Labute approximate surface area is 95.8 Å². The van der Waals surface area contributed by atoms with Gasteiger partial charge in [-0.15, -0.1) is 0 Å². The molecule has 16 heavy (non-hydrogen) atoms. The minimum atomic E-state index is -0.270. The fraction of sp³-hybridized carbons (Fsp3) is 0.700. The van der Waals surface area contributed by atoms with Crippen LogP contribution in [0.5, 0.6) is 0 Å². The van der Waals surface area contributed by atoms with E-state index in [4.69, 9.17) is 0 Å². The summed E-state index contributed by atoms with van der Waals surface area (Å²) in [5.74, 6) is -0.435. The van der Waals surface area contributed by atoms with Crippen LogP contribution in [0, 0.1) is 5.92 Å². The lowest BCUT2D eigenvalue weighted by Crippen LogP contribution is -2.47. The number of piperidine rings is 1. The van der Waals surface area contributed by atoms with Gasteiger partial charge in [-0.3, -0.25) is 14.4 Å². The number of hydrogen-bond donors (Lipinski definition) is 1. The Balaban J connectivity index is 2.43. The lowest BCUT2D eigenvalue weighted by Gasteiger charge is -2.31. The smallest absolute Gasteiger partial charge is 0.364 e. The molecule has 0 spiro atoms. The van der Waals surface area contributed by atoms with Crippen molar-refractivity contribution in [2.24, 2.45) is 5.92 Å². The number of nitrogens with zero attached hydrogens (tertiary/aromatic N) is 1. The molecule has 1 fully saturated rings. The predicted octanol–water partition coefficient (Wildman–Crippen LogP) is 0.163. The Hall–Kier alpha value is -1.33. The van der Waals surface area contributed by atoms with Gasteiger partial charge >= 0.3 is 7.41 Å². The van der Waals surface area contributed by atoms with Gasteiger partial charge in [0, 0.05) is 25.9 Å². The summed E-state index contributed by atoms with van der Waals surface area (Å²) < 4.78 is 0. The van der Waals surface area contributed by atoms with E-state index in [0.717, 1.165) is 20.3 Å². The lowest BCUT2D eigenvalue weighted by atomic mass is 9.88. The second-order valence-electron chi connectivity index (χ2n) is 4.08. The summed E-state index contributed by atoms with van der Waals surface area (Å²) in [7, 11) is 1.16. The van der Waals surface area contributed by atoms with Crippen LogP contribution in [0.3, 0.4) is 0 Å². The summed E-state index contributed by atoms with van der Waals surface area (Å²) in [5, 5.41) is 2.35. The molecule has 1 saturated heterocycles. The summed E-state index contributed by atoms with van der Waals surface area (Å²) in [6.45, 7) is 4.01. The topological polar surface area (TPSA) is 66.5 Å². The van der Waals surface area contributed by atoms with Crippen molar-refractivity contribution in [2.45, 2.75) is 26.7 Å². The minimum Gasteiger partial charge on any atom is -0.394 e. The fourth-order valence-electron chi connectivity index (χ4n) is 1.76. The molecule has 1 heterocycles. The third-order valence-corrected chi connectivity index (χ3v) is 2.71. The van der Waals surface area contributed by atoms with Crippen LogP contribution >= 0.6 is 0 Å². The quantitative estimate of drug-likeness (QED) is 0.693. The molecule has 6 heteroatoms. The zero-order valence-corrected chi connectivity index (χ0v) is 9.66. The number of carbonyl (C=O) groups is 3. The van der Waals surface area contributed by atoms with Crippen LogP contribution in [0.15, 0.2) is 0 Å². The Morgan fingerprint density at radius 3 is 2.56 bits per heavy atom. The monoisotopic (exact) mass is 223 g/mol. The maximum Gasteiger partial charge on any atom is 0.364 e. The first kappa shape index (κ1) is 12.7. The van der Waals surface area contributed by atoms with E-state index in [1.807, 2.05) is 0 Å². The van der Waals surface area contributed by atoms with Gasteiger partial charge in [-0.1, -0.05) is 0 Å². The minimum absolute atomic E-state index is 0.0524. The van der Waals surface area contributed by atoms with Gasteiger partial charge in [-0.05, 0) is 19.8 Å². The first-order chi connectivity index (χ1) is 7.50. The van der Waals surface area contributed by atoms with Crippen LogP contribution < -0.4 is 5.23 Å². The summed E-state index contributed by atoms with van der Waals surface area (Å²) in [6, 6.07) is 0. The van der Waals surface area contributed by atoms with Gasteiger partial charge < -0.3 is 10.1 Å². The zero-order chi connectivity index (χ0) is 12.1. The molecule has 0 aromatic heterocycles. The van der Waals surface area contributed by atoms with Crippen LogP contribution in [-0.4, -0.2) is 42.9 Å². The first-order valence-electron chi connectivity index (χ1n) is 5.40. The molecule has 1 unspecified atom stereocenters. The maximum absolute atomic E-state index is 11.6. The molecule has 1 radical (unpaired) electrons. The van der Waals surface area contributed by atoms with E-state index >= 15 is 0 Å². The van der Waals surface area contributed by atoms with Crippen LogP contribution in [0.1, 0.15) is 26.7 Å². The molecule has 1 atom stereocenters. The molecule has 2 amide bonds. The Kier molecular flexibility index (Phi) is 4.52. The molecule has 0 bridgehead atoms. The fourth-order valence-corrected chi connectivity index (χ4v) is 1.76. The highest BCUT2D eigenvalue weighted by Crippen LogP contribution is 2.17. The SMILES string of the molecule is CC(=O)N[B]C(=O)N1CCCC(C(C)=O)C1. The standard InChI is InChI=1S/C10H16BN2O3/c1-7(14)9-4-3-5-13(6-9)10(16)11-12-8(2)15/h9H,3-6H2,1-2H3,(H,12,15). The number of ketones is 1. The predicted molar refractivity (Wildman–Crippen MR) is 59.9 cm³/mol. The van der Waals surface area contributed by atoms with Gasteiger partial charge in [-0.2, -0.15) is 0 Å². The number of likely N-dealkylation sites (tertiary alicyclic amines) is 1. The van der Waals surface area contributed by atoms with E-state index in [1.165, 1.54) is 6.92 Å². The van der Waals surface area contributed by atoms with Crippen LogP contribution in [0.2, 0.25) is 0 Å². The highest BCUT2D eigenvalue weighted by Gasteiger charge is 2.26. The van der Waals surface area contributed by atoms with Crippen molar-refractivity contribution in [1.29, 1.82) is 0 Å². The normalized spacial score (nSPS) is 20.1. The molecule has 1 aliphatic rings. The van der Waals surface area contributed by atoms with Crippen molar-refractivity contribution >= 4 is 24.9 Å². The van der Waals surface area contributed by atoms with Crippen molar-refractivity contribution in [3.8, 4) is 0 Å². The molecule has 0 saturated carbocycles. The summed E-state index contributed by atoms with van der Waals surface area (Å²) >= 11 is 0. The zero-order valence-electron chi connectivity index (χ0n) is 9.66. The molecule has 87 valence electrons. The molecule has 5 nitrogen and oxygen atoms in total. The molecule has 1 rings (SSSR count). The van der Waals surface area contributed by atoms with Crippen LogP contribution in [-0.2, 0) is 9.59 Å². The first-order valence-corrected chi connectivity index (χ1v) is 5.40. The second-order valence-corrected chi connectivity index (χ2v) is 4.08.